The summed E-state index contributed by atoms with van der Waals surface area (Å²) in [5.41, 5.74) is 6.09. The van der Waals surface area contributed by atoms with E-state index in [-0.39, 0.29) is 0 Å². The molecule has 3 N–H and O–H groups in total. The van der Waals surface area contributed by atoms with Gasteiger partial charge in [-0.25, -0.2) is 0 Å². The highest BCUT2D eigenvalue weighted by Crippen LogP contribution is 2.31. The van der Waals surface area contributed by atoms with Gasteiger partial charge in [-0.2, -0.15) is 0 Å². The summed E-state index contributed by atoms with van der Waals surface area (Å²) in [7, 11) is 0. The van der Waals surface area contributed by atoms with Gasteiger partial charge in [0.2, 0.25) is 0 Å². The zero-order valence-electron chi connectivity index (χ0n) is 12.5. The van der Waals surface area contributed by atoms with Crippen molar-refractivity contribution in [2.75, 3.05) is 26.2 Å². The molecule has 1 heterocycles. The van der Waals surface area contributed by atoms with Gasteiger partial charge in [0, 0.05) is 13.2 Å². The molecule has 0 bridgehead atoms. The van der Waals surface area contributed by atoms with Gasteiger partial charge in [-0.3, -0.25) is 0 Å². The molecule has 1 aliphatic heterocycles. The molecule has 2 unspecified atom stereocenters. The van der Waals surface area contributed by atoms with Gasteiger partial charge in [0.15, 0.2) is 0 Å². The number of rotatable bonds is 8. The van der Waals surface area contributed by atoms with Crippen LogP contribution in [0.25, 0.3) is 0 Å². The van der Waals surface area contributed by atoms with Gasteiger partial charge in [0.25, 0.3) is 0 Å². The van der Waals surface area contributed by atoms with Gasteiger partial charge in [0.05, 0.1) is 6.10 Å². The summed E-state index contributed by atoms with van der Waals surface area (Å²) < 4.78 is 5.59. The lowest BCUT2D eigenvalue weighted by atomic mass is 9.76. The average molecular weight is 256 g/mol. The van der Waals surface area contributed by atoms with Gasteiger partial charge < -0.3 is 15.8 Å². The van der Waals surface area contributed by atoms with Crippen molar-refractivity contribution in [2.24, 2.45) is 17.1 Å². The second-order valence-corrected chi connectivity index (χ2v) is 6.62. The molecule has 18 heavy (non-hydrogen) atoms. The standard InChI is InChI=1S/C15H32N2O/c1-15(2,3)13(8-9-16)6-4-10-17-12-14-7-5-11-18-14/h13-14,17H,4-12,16H2,1-3H3. The summed E-state index contributed by atoms with van der Waals surface area (Å²) in [4.78, 5) is 0. The Kier molecular flexibility index (Phi) is 7.20. The Bertz CT molecular complexity index is 207. The minimum Gasteiger partial charge on any atom is -0.377 e. The maximum atomic E-state index is 5.71. The Morgan fingerprint density at radius 2 is 2.11 bits per heavy atom. The Balaban J connectivity index is 2.07. The Hall–Kier alpha value is -0.120. The first-order chi connectivity index (χ1) is 8.54. The minimum atomic E-state index is 0.383. The maximum Gasteiger partial charge on any atom is 0.0700 e. The molecule has 0 aliphatic carbocycles. The lowest BCUT2D eigenvalue weighted by Gasteiger charge is -2.30. The predicted octanol–water partition coefficient (Wildman–Crippen LogP) is 2.55. The molecule has 1 rings (SSSR count). The number of hydrogen-bond donors (Lipinski definition) is 2. The molecule has 0 aromatic heterocycles. The average Bonchev–Trinajstić information content (AvgIpc) is 2.78. The van der Waals surface area contributed by atoms with Crippen molar-refractivity contribution in [3.8, 4) is 0 Å². The molecular weight excluding hydrogens is 224 g/mol. The van der Waals surface area contributed by atoms with Crippen LogP contribution < -0.4 is 11.1 Å². The molecule has 0 aromatic rings. The predicted molar refractivity (Wildman–Crippen MR) is 77.7 cm³/mol. The van der Waals surface area contributed by atoms with Crippen molar-refractivity contribution in [3.63, 3.8) is 0 Å². The first kappa shape index (κ1) is 15.9. The molecule has 108 valence electrons. The van der Waals surface area contributed by atoms with Gasteiger partial charge in [0.1, 0.15) is 0 Å². The summed E-state index contributed by atoms with van der Waals surface area (Å²) >= 11 is 0. The first-order valence-corrected chi connectivity index (χ1v) is 7.56. The monoisotopic (exact) mass is 256 g/mol. The van der Waals surface area contributed by atoms with Crippen molar-refractivity contribution in [2.45, 2.75) is 59.0 Å². The normalized spacial score (nSPS) is 22.3. The Labute approximate surface area is 113 Å². The van der Waals surface area contributed by atoms with Crippen LogP contribution >= 0.6 is 0 Å². The molecule has 0 amide bonds. The first-order valence-electron chi connectivity index (χ1n) is 7.56. The molecule has 1 fully saturated rings. The number of nitrogens with two attached hydrogens (primary N) is 1. The van der Waals surface area contributed by atoms with Crippen molar-refractivity contribution < 1.29 is 4.74 Å². The maximum absolute atomic E-state index is 5.71. The lowest BCUT2D eigenvalue weighted by molar-refractivity contribution is 0.110. The third kappa shape index (κ3) is 6.17. The number of hydrogen-bond acceptors (Lipinski definition) is 3. The smallest absolute Gasteiger partial charge is 0.0700 e. The van der Waals surface area contributed by atoms with E-state index in [1.54, 1.807) is 0 Å². The summed E-state index contributed by atoms with van der Waals surface area (Å²) in [6, 6.07) is 0. The molecule has 1 aliphatic rings. The minimum absolute atomic E-state index is 0.383. The molecular formula is C15H32N2O. The van der Waals surface area contributed by atoms with Crippen LogP contribution in [0.1, 0.15) is 52.9 Å². The van der Waals surface area contributed by atoms with Crippen LogP contribution in [0.3, 0.4) is 0 Å². The van der Waals surface area contributed by atoms with Gasteiger partial charge in [-0.15, -0.1) is 0 Å². The number of ether oxygens (including phenoxy) is 1. The molecule has 1 saturated heterocycles. The van der Waals surface area contributed by atoms with E-state index in [0.29, 0.717) is 11.5 Å². The molecule has 0 spiro atoms. The van der Waals surface area contributed by atoms with E-state index in [1.165, 1.54) is 25.7 Å². The molecule has 2 atom stereocenters. The Morgan fingerprint density at radius 3 is 2.67 bits per heavy atom. The molecule has 0 radical (unpaired) electrons. The fraction of sp³-hybridized carbons (Fsp3) is 1.00. The highest BCUT2D eigenvalue weighted by Gasteiger charge is 2.23. The van der Waals surface area contributed by atoms with Crippen molar-refractivity contribution in [1.82, 2.24) is 5.32 Å². The molecule has 0 aromatic carbocycles. The third-order valence-electron chi connectivity index (χ3n) is 4.04. The highest BCUT2D eigenvalue weighted by atomic mass is 16.5. The van der Waals surface area contributed by atoms with Crippen LogP contribution in [-0.4, -0.2) is 32.3 Å². The van der Waals surface area contributed by atoms with E-state index < -0.39 is 0 Å². The van der Waals surface area contributed by atoms with Crippen molar-refractivity contribution in [3.05, 3.63) is 0 Å². The van der Waals surface area contributed by atoms with Crippen LogP contribution in [-0.2, 0) is 4.74 Å². The largest absolute Gasteiger partial charge is 0.377 e. The second kappa shape index (κ2) is 8.13. The van der Waals surface area contributed by atoms with Gasteiger partial charge in [-0.05, 0) is 56.5 Å². The van der Waals surface area contributed by atoms with Crippen molar-refractivity contribution in [1.29, 1.82) is 0 Å². The van der Waals surface area contributed by atoms with Crippen LogP contribution in [0, 0.1) is 11.3 Å². The van der Waals surface area contributed by atoms with E-state index in [2.05, 4.69) is 26.1 Å². The lowest BCUT2D eigenvalue weighted by Crippen LogP contribution is -2.28. The van der Waals surface area contributed by atoms with Gasteiger partial charge >= 0.3 is 0 Å². The van der Waals surface area contributed by atoms with Crippen LogP contribution in [0.5, 0.6) is 0 Å². The number of nitrogens with one attached hydrogen (secondary N) is 1. The zero-order valence-corrected chi connectivity index (χ0v) is 12.5. The van der Waals surface area contributed by atoms with E-state index in [4.69, 9.17) is 10.5 Å². The van der Waals surface area contributed by atoms with E-state index in [9.17, 15) is 0 Å². The highest BCUT2D eigenvalue weighted by molar-refractivity contribution is 4.75. The third-order valence-corrected chi connectivity index (χ3v) is 4.04. The SMILES string of the molecule is CC(C)(C)C(CCN)CCCNCC1CCCO1. The topological polar surface area (TPSA) is 47.3 Å². The van der Waals surface area contributed by atoms with Crippen LogP contribution in [0.15, 0.2) is 0 Å². The van der Waals surface area contributed by atoms with Crippen molar-refractivity contribution >= 4 is 0 Å². The van der Waals surface area contributed by atoms with Crippen LogP contribution in [0.4, 0.5) is 0 Å². The summed E-state index contributed by atoms with van der Waals surface area (Å²) in [5, 5.41) is 3.52. The van der Waals surface area contributed by atoms with Crippen LogP contribution in [0.2, 0.25) is 0 Å². The Morgan fingerprint density at radius 1 is 1.33 bits per heavy atom. The van der Waals surface area contributed by atoms with E-state index >= 15 is 0 Å². The van der Waals surface area contributed by atoms with Gasteiger partial charge in [-0.1, -0.05) is 20.8 Å². The second-order valence-electron chi connectivity index (χ2n) is 6.62. The molecule has 3 heteroatoms. The quantitative estimate of drug-likeness (QED) is 0.656. The summed E-state index contributed by atoms with van der Waals surface area (Å²) in [5.74, 6) is 0.743. The summed E-state index contributed by atoms with van der Waals surface area (Å²) in [6.07, 6.45) is 6.59. The van der Waals surface area contributed by atoms with E-state index in [1.807, 2.05) is 0 Å². The molecule has 0 saturated carbocycles. The van der Waals surface area contributed by atoms with E-state index in [0.717, 1.165) is 38.6 Å². The zero-order chi connectivity index (χ0) is 13.4. The molecule has 3 nitrogen and oxygen atoms in total. The fourth-order valence-electron chi connectivity index (χ4n) is 2.75. The summed E-state index contributed by atoms with van der Waals surface area (Å²) in [6.45, 7) is 10.9. The fourth-order valence-corrected chi connectivity index (χ4v) is 2.75.